The van der Waals surface area contributed by atoms with Gasteiger partial charge in [0, 0.05) is 33.2 Å². The van der Waals surface area contributed by atoms with E-state index < -0.39 is 29.9 Å². The van der Waals surface area contributed by atoms with Gasteiger partial charge in [0.05, 0.1) is 6.61 Å². The second-order valence-corrected chi connectivity index (χ2v) is 11.3. The van der Waals surface area contributed by atoms with Crippen molar-refractivity contribution >= 4 is 34.7 Å². The number of hydrogen-bond acceptors (Lipinski definition) is 7. The molecule has 2 aromatic rings. The number of halogens is 1. The lowest BCUT2D eigenvalue weighted by molar-refractivity contribution is -0.200. The number of fused-ring (bicyclic) bond motifs is 1. The van der Waals surface area contributed by atoms with Gasteiger partial charge in [0.25, 0.3) is 0 Å². The minimum absolute atomic E-state index is 0.330. The summed E-state index contributed by atoms with van der Waals surface area (Å²) >= 11 is 9.68. The van der Waals surface area contributed by atoms with Gasteiger partial charge in [0.1, 0.15) is 29.9 Å². The molecule has 0 bridgehead atoms. The topological polar surface area (TPSA) is 79.2 Å². The molecule has 3 aliphatic rings. The van der Waals surface area contributed by atoms with Crippen molar-refractivity contribution in [1.82, 2.24) is 0 Å². The van der Waals surface area contributed by atoms with E-state index in [4.69, 9.17) is 21.1 Å². The van der Waals surface area contributed by atoms with E-state index in [-0.39, 0.29) is 0 Å². The summed E-state index contributed by atoms with van der Waals surface area (Å²) in [4.78, 5) is 2.71. The van der Waals surface area contributed by atoms with E-state index in [2.05, 4.69) is 12.1 Å². The Balaban J connectivity index is 1.36. The van der Waals surface area contributed by atoms with Gasteiger partial charge >= 0.3 is 0 Å². The minimum Gasteiger partial charge on any atom is -0.387 e. The summed E-state index contributed by atoms with van der Waals surface area (Å²) in [7, 11) is 0. The largest absolute Gasteiger partial charge is 0.387 e. The molecule has 3 heterocycles. The van der Waals surface area contributed by atoms with Gasteiger partial charge in [0.2, 0.25) is 0 Å². The standard InChI is InChI=1S/C23H27ClO5S2/c1-30-22-20(27)18(25)19(26)21(29-22)12-2-4-16(24)13(8-12)9-15-3-5-17(31-15)23-6-7-28-11-14(23)10-23/h2-5,8,14,18-22,25-27H,6-7,9-11H2,1H3/t14?,18-,19-,20+,21+,22-,23?/m1/s1. The average Bonchev–Trinajstić information content (AvgIpc) is 3.35. The number of aliphatic hydroxyl groups is 3. The molecular formula is C23H27ClO5S2. The third-order valence-electron chi connectivity index (χ3n) is 6.96. The zero-order valence-electron chi connectivity index (χ0n) is 17.2. The fourth-order valence-electron chi connectivity index (χ4n) is 4.96. The summed E-state index contributed by atoms with van der Waals surface area (Å²) in [5.41, 5.74) is 1.43. The molecule has 2 unspecified atom stereocenters. The van der Waals surface area contributed by atoms with Crippen LogP contribution in [0.5, 0.6) is 0 Å². The first-order chi connectivity index (χ1) is 14.9. The molecule has 0 amide bonds. The average molecular weight is 483 g/mol. The Hall–Kier alpha value is -0.640. The van der Waals surface area contributed by atoms with Gasteiger partial charge in [-0.15, -0.1) is 23.1 Å². The van der Waals surface area contributed by atoms with Gasteiger partial charge in [-0.05, 0) is 54.3 Å². The Labute approximate surface area is 195 Å². The van der Waals surface area contributed by atoms with Gasteiger partial charge < -0.3 is 24.8 Å². The van der Waals surface area contributed by atoms with Gasteiger partial charge in [-0.25, -0.2) is 0 Å². The first kappa shape index (κ1) is 22.2. The molecule has 0 radical (unpaired) electrons. The lowest BCUT2D eigenvalue weighted by Crippen LogP contribution is -2.52. The number of rotatable bonds is 5. The number of thiophene rings is 1. The Morgan fingerprint density at radius 1 is 1.16 bits per heavy atom. The Morgan fingerprint density at radius 2 is 2.00 bits per heavy atom. The van der Waals surface area contributed by atoms with Crippen LogP contribution in [0.2, 0.25) is 5.02 Å². The van der Waals surface area contributed by atoms with Crippen LogP contribution in [0.3, 0.4) is 0 Å². The van der Waals surface area contributed by atoms with E-state index in [9.17, 15) is 15.3 Å². The molecule has 2 aliphatic heterocycles. The van der Waals surface area contributed by atoms with Gasteiger partial charge in [-0.1, -0.05) is 23.7 Å². The second-order valence-electron chi connectivity index (χ2n) is 8.81. The molecular weight excluding hydrogens is 456 g/mol. The van der Waals surface area contributed by atoms with E-state index in [1.165, 1.54) is 27.9 Å². The zero-order chi connectivity index (χ0) is 21.8. The molecule has 3 N–H and O–H groups in total. The van der Waals surface area contributed by atoms with Crippen molar-refractivity contribution in [3.63, 3.8) is 0 Å². The van der Waals surface area contributed by atoms with Crippen LogP contribution in [-0.4, -0.2) is 58.5 Å². The molecule has 31 heavy (non-hydrogen) atoms. The van der Waals surface area contributed by atoms with Crippen molar-refractivity contribution in [2.75, 3.05) is 19.5 Å². The highest BCUT2D eigenvalue weighted by Crippen LogP contribution is 2.60. The Morgan fingerprint density at radius 3 is 2.77 bits per heavy atom. The fraction of sp³-hybridized carbons (Fsp3) is 0.565. The fourth-order valence-corrected chi connectivity index (χ4v) is 7.16. The van der Waals surface area contributed by atoms with Crippen molar-refractivity contribution in [1.29, 1.82) is 0 Å². The molecule has 2 saturated heterocycles. The molecule has 1 saturated carbocycles. The molecule has 168 valence electrons. The van der Waals surface area contributed by atoms with Crippen molar-refractivity contribution < 1.29 is 24.8 Å². The van der Waals surface area contributed by atoms with Crippen molar-refractivity contribution in [2.24, 2.45) is 5.92 Å². The highest BCUT2D eigenvalue weighted by atomic mass is 35.5. The van der Waals surface area contributed by atoms with E-state index in [0.717, 1.165) is 30.8 Å². The summed E-state index contributed by atoms with van der Waals surface area (Å²) in [6.07, 6.45) is 0.516. The maximum atomic E-state index is 10.5. The highest BCUT2D eigenvalue weighted by molar-refractivity contribution is 7.99. The number of thioether (sulfide) groups is 1. The number of benzene rings is 1. The van der Waals surface area contributed by atoms with Crippen LogP contribution < -0.4 is 0 Å². The smallest absolute Gasteiger partial charge is 0.132 e. The monoisotopic (exact) mass is 482 g/mol. The van der Waals surface area contributed by atoms with Crippen LogP contribution in [-0.2, 0) is 21.3 Å². The molecule has 1 aromatic carbocycles. The molecule has 0 spiro atoms. The summed E-state index contributed by atoms with van der Waals surface area (Å²) in [5.74, 6) is 0.663. The molecule has 8 heteroatoms. The lowest BCUT2D eigenvalue weighted by atomic mass is 9.93. The first-order valence-electron chi connectivity index (χ1n) is 10.6. The third-order valence-corrected chi connectivity index (χ3v) is 9.49. The molecule has 5 nitrogen and oxygen atoms in total. The van der Waals surface area contributed by atoms with Crippen molar-refractivity contribution in [2.45, 2.75) is 54.5 Å². The lowest BCUT2D eigenvalue weighted by Gasteiger charge is -2.40. The molecule has 7 atom stereocenters. The molecule has 1 aliphatic carbocycles. The van der Waals surface area contributed by atoms with E-state index in [1.807, 2.05) is 29.5 Å². The van der Waals surface area contributed by atoms with Crippen LogP contribution >= 0.6 is 34.7 Å². The molecule has 1 aromatic heterocycles. The first-order valence-corrected chi connectivity index (χ1v) is 13.1. The summed E-state index contributed by atoms with van der Waals surface area (Å²) in [5, 5.41) is 31.6. The van der Waals surface area contributed by atoms with E-state index in [1.54, 1.807) is 6.26 Å². The van der Waals surface area contributed by atoms with Crippen molar-refractivity contribution in [3.05, 3.63) is 56.2 Å². The summed E-state index contributed by atoms with van der Waals surface area (Å²) in [6.45, 7) is 1.72. The second kappa shape index (κ2) is 8.61. The van der Waals surface area contributed by atoms with E-state index in [0.29, 0.717) is 22.8 Å². The maximum Gasteiger partial charge on any atom is 0.132 e. The molecule has 5 rings (SSSR count). The molecule has 3 fully saturated rings. The predicted molar refractivity (Wildman–Crippen MR) is 123 cm³/mol. The summed E-state index contributed by atoms with van der Waals surface area (Å²) < 4.78 is 11.5. The van der Waals surface area contributed by atoms with Gasteiger partial charge in [-0.2, -0.15) is 0 Å². The van der Waals surface area contributed by atoms with E-state index >= 15 is 0 Å². The van der Waals surface area contributed by atoms with Crippen LogP contribution in [0.4, 0.5) is 0 Å². The number of aliphatic hydroxyl groups excluding tert-OH is 3. The quantitative estimate of drug-likeness (QED) is 0.605. The van der Waals surface area contributed by atoms with Gasteiger partial charge in [-0.3, -0.25) is 0 Å². The van der Waals surface area contributed by atoms with Crippen LogP contribution in [0.25, 0.3) is 0 Å². The Bertz CT molecular complexity index is 950. The predicted octanol–water partition coefficient (Wildman–Crippen LogP) is 3.51. The maximum absolute atomic E-state index is 10.5. The third kappa shape index (κ3) is 3.97. The van der Waals surface area contributed by atoms with Gasteiger partial charge in [0.15, 0.2) is 0 Å². The van der Waals surface area contributed by atoms with Crippen LogP contribution in [0.15, 0.2) is 30.3 Å². The van der Waals surface area contributed by atoms with Crippen molar-refractivity contribution in [3.8, 4) is 0 Å². The highest BCUT2D eigenvalue weighted by Gasteiger charge is 2.57. The zero-order valence-corrected chi connectivity index (χ0v) is 19.6. The van der Waals surface area contributed by atoms with Crippen LogP contribution in [0.1, 0.15) is 39.8 Å². The summed E-state index contributed by atoms with van der Waals surface area (Å²) in [6, 6.07) is 10.0. The Kier molecular flexibility index (Phi) is 6.16. The normalized spacial score (nSPS) is 37.5. The van der Waals surface area contributed by atoms with Crippen LogP contribution in [0, 0.1) is 5.92 Å². The number of ether oxygens (including phenoxy) is 2. The minimum atomic E-state index is -1.26. The number of hydrogen-bond donors (Lipinski definition) is 3. The SMILES string of the molecule is CS[C@H]1O[C@@H](c2ccc(Cl)c(Cc3ccc(C45CCOCC4C5)s3)c2)[C@H](O)[C@@H](O)[C@@H]1O.